The van der Waals surface area contributed by atoms with Gasteiger partial charge >= 0.3 is 0 Å². The Morgan fingerprint density at radius 2 is 2.17 bits per heavy atom. The summed E-state index contributed by atoms with van der Waals surface area (Å²) in [6.45, 7) is 2.05. The molecular formula is C14H13FN4O3S2. The first-order chi connectivity index (χ1) is 11.2. The summed E-state index contributed by atoms with van der Waals surface area (Å²) in [4.78, 5) is 18.0. The van der Waals surface area contributed by atoms with Crippen LogP contribution >= 0.6 is 11.3 Å². The van der Waals surface area contributed by atoms with Crippen molar-refractivity contribution in [2.24, 2.45) is 5.14 Å². The molecule has 0 bridgehead atoms. The predicted octanol–water partition coefficient (Wildman–Crippen LogP) is 1.42. The minimum atomic E-state index is -4.02. The topological polar surface area (TPSA) is 107 Å². The molecule has 10 heteroatoms. The molecule has 0 saturated heterocycles. The second-order valence-electron chi connectivity index (χ2n) is 5.13. The number of carbonyl (C=O) groups is 1. The molecule has 2 heterocycles. The van der Waals surface area contributed by atoms with Crippen LogP contribution in [0.2, 0.25) is 0 Å². The number of carbonyl (C=O) groups excluding carboxylic acids is 1. The molecule has 0 unspecified atom stereocenters. The molecule has 0 saturated carbocycles. The smallest absolute Gasteiger partial charge is 0.254 e. The Balaban J connectivity index is 1.78. The molecule has 0 aliphatic heterocycles. The number of hydrogen-bond donors (Lipinski definition) is 2. The highest BCUT2D eigenvalue weighted by Gasteiger charge is 2.17. The van der Waals surface area contributed by atoms with E-state index >= 15 is 0 Å². The number of nitrogens with one attached hydrogen (secondary N) is 1. The number of amides is 1. The van der Waals surface area contributed by atoms with Crippen molar-refractivity contribution in [2.45, 2.75) is 18.4 Å². The molecular weight excluding hydrogens is 355 g/mol. The summed E-state index contributed by atoms with van der Waals surface area (Å²) in [5.74, 6) is -1.58. The lowest BCUT2D eigenvalue weighted by Crippen LogP contribution is -2.24. The van der Waals surface area contributed by atoms with E-state index in [1.54, 1.807) is 6.20 Å². The number of nitrogens with zero attached hydrogens (tertiary/aromatic N) is 2. The van der Waals surface area contributed by atoms with Crippen LogP contribution < -0.4 is 10.5 Å². The Hall–Kier alpha value is -2.30. The van der Waals surface area contributed by atoms with E-state index in [1.807, 2.05) is 17.5 Å². The Labute approximate surface area is 141 Å². The van der Waals surface area contributed by atoms with Crippen molar-refractivity contribution < 1.29 is 17.6 Å². The van der Waals surface area contributed by atoms with Crippen molar-refractivity contribution >= 4 is 32.2 Å². The minimum Gasteiger partial charge on any atom is -0.346 e. The lowest BCUT2D eigenvalue weighted by molar-refractivity contribution is 0.0946. The van der Waals surface area contributed by atoms with Gasteiger partial charge in [-0.3, -0.25) is 9.20 Å². The Morgan fingerprint density at radius 3 is 2.83 bits per heavy atom. The van der Waals surface area contributed by atoms with Crippen molar-refractivity contribution in [1.29, 1.82) is 0 Å². The summed E-state index contributed by atoms with van der Waals surface area (Å²) in [7, 11) is -4.02. The molecule has 1 aromatic carbocycles. The van der Waals surface area contributed by atoms with Gasteiger partial charge in [-0.1, -0.05) is 0 Å². The normalized spacial score (nSPS) is 11.8. The molecule has 1 amide bonds. The molecule has 0 fully saturated rings. The zero-order chi connectivity index (χ0) is 17.5. The Morgan fingerprint density at radius 1 is 1.42 bits per heavy atom. The van der Waals surface area contributed by atoms with E-state index < -0.39 is 27.3 Å². The molecule has 7 nitrogen and oxygen atoms in total. The lowest BCUT2D eigenvalue weighted by Gasteiger charge is -2.06. The van der Waals surface area contributed by atoms with Gasteiger partial charge in [0, 0.05) is 17.3 Å². The van der Waals surface area contributed by atoms with E-state index in [0.717, 1.165) is 28.0 Å². The standard InChI is InChI=1S/C14H13FN4O3S2/c1-8-6-19-7-9(18-14(19)23-8)5-17-13(20)11-4-10(24(16,21)22)2-3-12(11)15/h2-4,6-7H,5H2,1H3,(H,17,20)(H2,16,21,22). The number of aryl methyl sites for hydroxylation is 1. The third kappa shape index (κ3) is 3.30. The maximum Gasteiger partial charge on any atom is 0.254 e. The third-order valence-corrected chi connectivity index (χ3v) is 5.09. The number of fused-ring (bicyclic) bond motifs is 1. The monoisotopic (exact) mass is 368 g/mol. The number of hydrogen-bond acceptors (Lipinski definition) is 5. The van der Waals surface area contributed by atoms with Gasteiger partial charge in [0.05, 0.1) is 22.7 Å². The number of rotatable bonds is 4. The van der Waals surface area contributed by atoms with Crippen LogP contribution in [0, 0.1) is 12.7 Å². The van der Waals surface area contributed by atoms with Gasteiger partial charge in [-0.05, 0) is 25.1 Å². The van der Waals surface area contributed by atoms with Gasteiger partial charge in [-0.2, -0.15) is 0 Å². The van der Waals surface area contributed by atoms with Crippen LogP contribution in [-0.2, 0) is 16.6 Å². The fourth-order valence-electron chi connectivity index (χ4n) is 2.17. The van der Waals surface area contributed by atoms with Gasteiger partial charge < -0.3 is 5.32 Å². The molecule has 2 aromatic heterocycles. The molecule has 3 aromatic rings. The molecule has 0 spiro atoms. The van der Waals surface area contributed by atoms with Gasteiger partial charge in [-0.25, -0.2) is 22.9 Å². The van der Waals surface area contributed by atoms with Crippen LogP contribution in [0.15, 0.2) is 35.5 Å². The number of imidazole rings is 1. The molecule has 0 radical (unpaired) electrons. The number of sulfonamides is 1. The summed E-state index contributed by atoms with van der Waals surface area (Å²) in [5, 5.41) is 7.51. The Kier molecular flexibility index (Phi) is 4.11. The summed E-state index contributed by atoms with van der Waals surface area (Å²) in [5.41, 5.74) is 0.219. The van der Waals surface area contributed by atoms with Crippen LogP contribution in [0.4, 0.5) is 4.39 Å². The summed E-state index contributed by atoms with van der Waals surface area (Å²) in [6, 6.07) is 2.81. The number of benzene rings is 1. The number of nitrogens with two attached hydrogens (primary N) is 1. The maximum absolute atomic E-state index is 13.8. The summed E-state index contributed by atoms with van der Waals surface area (Å²) in [6.07, 6.45) is 3.67. The molecule has 3 rings (SSSR count). The minimum absolute atomic E-state index is 0.0886. The lowest BCUT2D eigenvalue weighted by atomic mass is 10.2. The average Bonchev–Trinajstić information content (AvgIpc) is 3.00. The van der Waals surface area contributed by atoms with Crippen molar-refractivity contribution in [3.8, 4) is 0 Å². The van der Waals surface area contributed by atoms with Gasteiger partial charge in [0.1, 0.15) is 5.82 Å². The first-order valence-corrected chi connectivity index (χ1v) is 9.15. The van der Waals surface area contributed by atoms with Gasteiger partial charge in [0.2, 0.25) is 10.0 Å². The largest absolute Gasteiger partial charge is 0.346 e. The quantitative estimate of drug-likeness (QED) is 0.726. The van der Waals surface area contributed by atoms with Crippen LogP contribution in [0.3, 0.4) is 0 Å². The summed E-state index contributed by atoms with van der Waals surface area (Å²) < 4.78 is 38.2. The van der Waals surface area contributed by atoms with Crippen LogP contribution in [0.5, 0.6) is 0 Å². The molecule has 0 atom stereocenters. The fraction of sp³-hybridized carbons (Fsp3) is 0.143. The second kappa shape index (κ2) is 5.96. The number of halogens is 1. The third-order valence-electron chi connectivity index (χ3n) is 3.26. The number of thiazole rings is 1. The van der Waals surface area contributed by atoms with Gasteiger partial charge in [-0.15, -0.1) is 11.3 Å². The average molecular weight is 368 g/mol. The van der Waals surface area contributed by atoms with E-state index in [1.165, 1.54) is 11.3 Å². The van der Waals surface area contributed by atoms with Gasteiger partial charge in [0.15, 0.2) is 4.96 Å². The molecule has 126 valence electrons. The fourth-order valence-corrected chi connectivity index (χ4v) is 3.53. The molecule has 24 heavy (non-hydrogen) atoms. The second-order valence-corrected chi connectivity index (χ2v) is 7.91. The molecule has 0 aliphatic carbocycles. The first-order valence-electron chi connectivity index (χ1n) is 6.78. The zero-order valence-electron chi connectivity index (χ0n) is 12.5. The van der Waals surface area contributed by atoms with E-state index in [2.05, 4.69) is 10.3 Å². The summed E-state index contributed by atoms with van der Waals surface area (Å²) >= 11 is 1.51. The van der Waals surface area contributed by atoms with Crippen molar-refractivity contribution in [1.82, 2.24) is 14.7 Å². The highest BCUT2D eigenvalue weighted by Crippen LogP contribution is 2.17. The van der Waals surface area contributed by atoms with E-state index in [-0.39, 0.29) is 11.4 Å². The van der Waals surface area contributed by atoms with E-state index in [0.29, 0.717) is 5.69 Å². The predicted molar refractivity (Wildman–Crippen MR) is 86.7 cm³/mol. The number of primary sulfonamides is 1. The van der Waals surface area contributed by atoms with Crippen molar-refractivity contribution in [3.05, 3.63) is 52.5 Å². The van der Waals surface area contributed by atoms with Crippen LogP contribution in [-0.4, -0.2) is 23.7 Å². The van der Waals surface area contributed by atoms with Gasteiger partial charge in [0.25, 0.3) is 5.91 Å². The van der Waals surface area contributed by atoms with Crippen LogP contribution in [0.1, 0.15) is 20.9 Å². The Bertz CT molecular complexity index is 1010. The molecule has 0 aliphatic rings. The van der Waals surface area contributed by atoms with E-state index in [9.17, 15) is 17.6 Å². The maximum atomic E-state index is 13.8. The first kappa shape index (κ1) is 16.6. The van der Waals surface area contributed by atoms with E-state index in [4.69, 9.17) is 5.14 Å². The van der Waals surface area contributed by atoms with Crippen molar-refractivity contribution in [3.63, 3.8) is 0 Å². The van der Waals surface area contributed by atoms with Crippen LogP contribution in [0.25, 0.3) is 4.96 Å². The molecule has 3 N–H and O–H groups in total. The highest BCUT2D eigenvalue weighted by atomic mass is 32.2. The number of aromatic nitrogens is 2. The zero-order valence-corrected chi connectivity index (χ0v) is 14.1. The highest BCUT2D eigenvalue weighted by molar-refractivity contribution is 7.89. The SMILES string of the molecule is Cc1cn2cc(CNC(=O)c3cc(S(N)(=O)=O)ccc3F)nc2s1. The van der Waals surface area contributed by atoms with Crippen molar-refractivity contribution in [2.75, 3.05) is 0 Å².